The van der Waals surface area contributed by atoms with Gasteiger partial charge >= 0.3 is 6.09 Å². The number of alkyl carbamates (subject to hydrolysis) is 1. The molecule has 1 saturated heterocycles. The highest BCUT2D eigenvalue weighted by Gasteiger charge is 2.29. The summed E-state index contributed by atoms with van der Waals surface area (Å²) in [5, 5.41) is 6.34. The summed E-state index contributed by atoms with van der Waals surface area (Å²) < 4.78 is 5.17. The second-order valence-electron chi connectivity index (χ2n) is 6.47. The van der Waals surface area contributed by atoms with Gasteiger partial charge in [0, 0.05) is 12.1 Å². The molecule has 1 fully saturated rings. The maximum absolute atomic E-state index is 11.6. The van der Waals surface area contributed by atoms with E-state index >= 15 is 0 Å². The second kappa shape index (κ2) is 7.46. The van der Waals surface area contributed by atoms with Gasteiger partial charge in [-0.15, -0.1) is 0 Å². The maximum atomic E-state index is 11.6. The number of ether oxygens (including phenoxy) is 1. The van der Waals surface area contributed by atoms with Crippen molar-refractivity contribution < 1.29 is 9.53 Å². The molecule has 0 saturated carbocycles. The number of benzene rings is 1. The fourth-order valence-electron chi connectivity index (χ4n) is 2.85. The molecule has 0 radical (unpaired) electrons. The van der Waals surface area contributed by atoms with Crippen LogP contribution in [0.5, 0.6) is 0 Å². The zero-order valence-electron chi connectivity index (χ0n) is 13.0. The Morgan fingerprint density at radius 3 is 2.81 bits per heavy atom. The summed E-state index contributed by atoms with van der Waals surface area (Å²) >= 11 is 0. The van der Waals surface area contributed by atoms with Crippen LogP contribution in [0.1, 0.15) is 38.7 Å². The van der Waals surface area contributed by atoms with E-state index in [0.29, 0.717) is 13.2 Å². The van der Waals surface area contributed by atoms with Crippen LogP contribution < -0.4 is 10.6 Å². The standard InChI is InChI=1S/C17H26N2O2/c1-17(2)11-15(12-19-17)9-6-10-18-16(20)21-13-14-7-4-3-5-8-14/h3-5,7-8,15,19H,6,9-13H2,1-2H3,(H,18,20). The zero-order chi connectivity index (χ0) is 15.1. The van der Waals surface area contributed by atoms with Gasteiger partial charge in [0.2, 0.25) is 0 Å². The molecule has 1 aliphatic rings. The van der Waals surface area contributed by atoms with Gasteiger partial charge in [-0.3, -0.25) is 0 Å². The molecular formula is C17H26N2O2. The molecule has 2 rings (SSSR count). The predicted octanol–water partition coefficient (Wildman–Crippen LogP) is 3.08. The summed E-state index contributed by atoms with van der Waals surface area (Å²) in [6, 6.07) is 9.72. The lowest BCUT2D eigenvalue weighted by molar-refractivity contribution is 0.139. The molecule has 1 unspecified atom stereocenters. The highest BCUT2D eigenvalue weighted by Crippen LogP contribution is 2.26. The molecule has 4 nitrogen and oxygen atoms in total. The number of nitrogens with one attached hydrogen (secondary N) is 2. The summed E-state index contributed by atoms with van der Waals surface area (Å²) in [5.74, 6) is 0.724. The van der Waals surface area contributed by atoms with Crippen molar-refractivity contribution in [1.82, 2.24) is 10.6 Å². The Labute approximate surface area is 127 Å². The molecule has 116 valence electrons. The lowest BCUT2D eigenvalue weighted by atomic mass is 9.94. The normalized spacial score (nSPS) is 20.2. The third-order valence-corrected chi connectivity index (χ3v) is 3.94. The van der Waals surface area contributed by atoms with Gasteiger partial charge in [0.25, 0.3) is 0 Å². The Bertz CT molecular complexity index is 445. The van der Waals surface area contributed by atoms with Crippen LogP contribution in [0.2, 0.25) is 0 Å². The third kappa shape index (κ3) is 5.76. The Hall–Kier alpha value is -1.55. The van der Waals surface area contributed by atoms with E-state index in [2.05, 4.69) is 24.5 Å². The summed E-state index contributed by atoms with van der Waals surface area (Å²) in [4.78, 5) is 11.6. The van der Waals surface area contributed by atoms with Crippen molar-refractivity contribution in [2.75, 3.05) is 13.1 Å². The fraction of sp³-hybridized carbons (Fsp3) is 0.588. The summed E-state index contributed by atoms with van der Waals surface area (Å²) in [7, 11) is 0. The zero-order valence-corrected chi connectivity index (χ0v) is 13.0. The van der Waals surface area contributed by atoms with Crippen LogP contribution in [-0.4, -0.2) is 24.7 Å². The molecule has 1 aromatic carbocycles. The van der Waals surface area contributed by atoms with Gasteiger partial charge in [0.05, 0.1) is 0 Å². The predicted molar refractivity (Wildman–Crippen MR) is 84.1 cm³/mol. The minimum absolute atomic E-state index is 0.271. The molecule has 1 aromatic rings. The van der Waals surface area contributed by atoms with Crippen LogP contribution >= 0.6 is 0 Å². The van der Waals surface area contributed by atoms with Crippen LogP contribution in [0.3, 0.4) is 0 Å². The van der Waals surface area contributed by atoms with Gasteiger partial charge < -0.3 is 15.4 Å². The van der Waals surface area contributed by atoms with E-state index in [0.717, 1.165) is 30.9 Å². The molecule has 2 N–H and O–H groups in total. The first kappa shape index (κ1) is 15.8. The Morgan fingerprint density at radius 2 is 2.14 bits per heavy atom. The maximum Gasteiger partial charge on any atom is 0.407 e. The van der Waals surface area contributed by atoms with Crippen molar-refractivity contribution in [2.24, 2.45) is 5.92 Å². The van der Waals surface area contributed by atoms with Crippen molar-refractivity contribution in [3.05, 3.63) is 35.9 Å². The minimum atomic E-state index is -0.330. The van der Waals surface area contributed by atoms with Gasteiger partial charge in [-0.25, -0.2) is 4.79 Å². The Kier molecular flexibility index (Phi) is 5.62. The number of carbonyl (C=O) groups excluding carboxylic acids is 1. The quantitative estimate of drug-likeness (QED) is 0.792. The molecule has 1 atom stereocenters. The molecule has 21 heavy (non-hydrogen) atoms. The van der Waals surface area contributed by atoms with E-state index < -0.39 is 0 Å². The van der Waals surface area contributed by atoms with Gasteiger partial charge in [-0.2, -0.15) is 0 Å². The number of carbonyl (C=O) groups is 1. The number of rotatable bonds is 6. The first-order valence-electron chi connectivity index (χ1n) is 7.75. The molecule has 1 aliphatic heterocycles. The van der Waals surface area contributed by atoms with Crippen molar-refractivity contribution >= 4 is 6.09 Å². The molecule has 0 aliphatic carbocycles. The second-order valence-corrected chi connectivity index (χ2v) is 6.47. The summed E-state index contributed by atoms with van der Waals surface area (Å²) in [5.41, 5.74) is 1.28. The first-order chi connectivity index (χ1) is 10.1. The summed E-state index contributed by atoms with van der Waals surface area (Å²) in [6.45, 7) is 6.59. The van der Waals surface area contributed by atoms with E-state index in [1.54, 1.807) is 0 Å². The number of hydrogen-bond donors (Lipinski definition) is 2. The van der Waals surface area contributed by atoms with Crippen LogP contribution in [0.15, 0.2) is 30.3 Å². The molecular weight excluding hydrogens is 264 g/mol. The third-order valence-electron chi connectivity index (χ3n) is 3.94. The smallest absolute Gasteiger partial charge is 0.407 e. The average molecular weight is 290 g/mol. The SMILES string of the molecule is CC1(C)CC(CCCNC(=O)OCc2ccccc2)CN1. The molecule has 0 aromatic heterocycles. The van der Waals surface area contributed by atoms with Gasteiger partial charge in [0.15, 0.2) is 0 Å². The summed E-state index contributed by atoms with van der Waals surface area (Å²) in [6.07, 6.45) is 3.03. The molecule has 1 heterocycles. The number of hydrogen-bond acceptors (Lipinski definition) is 3. The van der Waals surface area contributed by atoms with Gasteiger partial charge in [0.1, 0.15) is 6.61 Å². The average Bonchev–Trinajstić information content (AvgIpc) is 2.82. The fourth-order valence-corrected chi connectivity index (χ4v) is 2.85. The van der Waals surface area contributed by atoms with E-state index in [1.807, 2.05) is 30.3 Å². The van der Waals surface area contributed by atoms with Crippen LogP contribution in [-0.2, 0) is 11.3 Å². The van der Waals surface area contributed by atoms with Gasteiger partial charge in [-0.1, -0.05) is 30.3 Å². The van der Waals surface area contributed by atoms with Crippen molar-refractivity contribution in [1.29, 1.82) is 0 Å². The lowest BCUT2D eigenvalue weighted by Gasteiger charge is -2.17. The molecule has 0 spiro atoms. The van der Waals surface area contributed by atoms with Crippen LogP contribution in [0.4, 0.5) is 4.79 Å². The van der Waals surface area contributed by atoms with Crippen molar-refractivity contribution in [3.8, 4) is 0 Å². The monoisotopic (exact) mass is 290 g/mol. The molecule has 1 amide bonds. The molecule has 4 heteroatoms. The van der Waals surface area contributed by atoms with E-state index in [1.165, 1.54) is 6.42 Å². The Morgan fingerprint density at radius 1 is 1.38 bits per heavy atom. The van der Waals surface area contributed by atoms with Crippen molar-refractivity contribution in [3.63, 3.8) is 0 Å². The van der Waals surface area contributed by atoms with Crippen molar-refractivity contribution in [2.45, 2.75) is 45.3 Å². The topological polar surface area (TPSA) is 50.4 Å². The minimum Gasteiger partial charge on any atom is -0.445 e. The van der Waals surface area contributed by atoms with Gasteiger partial charge in [-0.05, 0) is 51.1 Å². The lowest BCUT2D eigenvalue weighted by Crippen LogP contribution is -2.31. The first-order valence-corrected chi connectivity index (χ1v) is 7.75. The largest absolute Gasteiger partial charge is 0.445 e. The number of amides is 1. The highest BCUT2D eigenvalue weighted by atomic mass is 16.5. The van der Waals surface area contributed by atoms with E-state index in [-0.39, 0.29) is 11.6 Å². The molecule has 0 bridgehead atoms. The van der Waals surface area contributed by atoms with Crippen LogP contribution in [0.25, 0.3) is 0 Å². The highest BCUT2D eigenvalue weighted by molar-refractivity contribution is 5.67. The Balaban J connectivity index is 1.54. The van der Waals surface area contributed by atoms with E-state index in [9.17, 15) is 4.79 Å². The van der Waals surface area contributed by atoms with E-state index in [4.69, 9.17) is 4.74 Å². The van der Waals surface area contributed by atoms with Crippen LogP contribution in [0, 0.1) is 5.92 Å².